The number of epoxide rings is 2. The first kappa shape index (κ1) is 68.5. The summed E-state index contributed by atoms with van der Waals surface area (Å²) in [5.74, 6) is -3.37. The molecule has 7 unspecified atom stereocenters. The average Bonchev–Trinajstić information content (AvgIpc) is 1.47. The second-order valence-corrected chi connectivity index (χ2v) is 25.6. The summed E-state index contributed by atoms with van der Waals surface area (Å²) in [4.78, 5) is 150. The van der Waals surface area contributed by atoms with E-state index in [1.54, 1.807) is 52.8 Å². The number of benzene rings is 2. The Morgan fingerprint density at radius 3 is 1.43 bits per heavy atom. The number of rotatable bonds is 23. The van der Waals surface area contributed by atoms with Crippen LogP contribution in [0.25, 0.3) is 21.8 Å². The quantitative estimate of drug-likeness (QED) is 0.0450. The van der Waals surface area contributed by atoms with Crippen LogP contribution in [-0.2, 0) is 70.3 Å². The van der Waals surface area contributed by atoms with Crippen LogP contribution in [0.2, 0.25) is 0 Å². The van der Waals surface area contributed by atoms with E-state index in [0.29, 0.717) is 96.7 Å². The van der Waals surface area contributed by atoms with Crippen molar-refractivity contribution in [2.24, 2.45) is 11.8 Å². The molecule has 10 rings (SSSR count). The first-order chi connectivity index (χ1) is 44.4. The minimum Gasteiger partial charge on any atom is -0.417 e. The van der Waals surface area contributed by atoms with Crippen molar-refractivity contribution in [3.05, 3.63) is 72.1 Å². The van der Waals surface area contributed by atoms with Gasteiger partial charge in [-0.1, -0.05) is 96.7 Å². The first-order valence-corrected chi connectivity index (χ1v) is 33.4. The van der Waals surface area contributed by atoms with Crippen LogP contribution in [0.3, 0.4) is 0 Å². The molecule has 4 aromatic rings. The van der Waals surface area contributed by atoms with E-state index in [4.69, 9.17) is 19.1 Å². The number of hydrogen-bond donors (Lipinski definition) is 6. The highest BCUT2D eigenvalue weighted by Gasteiger charge is 2.45. The molecule has 24 nitrogen and oxygen atoms in total. The predicted molar refractivity (Wildman–Crippen MR) is 341 cm³/mol. The smallest absolute Gasteiger partial charge is 0.246 e. The van der Waals surface area contributed by atoms with Gasteiger partial charge in [0.1, 0.15) is 74.8 Å². The number of amides is 8. The van der Waals surface area contributed by atoms with Crippen LogP contribution in [0.1, 0.15) is 155 Å². The van der Waals surface area contributed by atoms with E-state index in [1.165, 1.54) is 0 Å². The van der Waals surface area contributed by atoms with E-state index >= 15 is 0 Å². The van der Waals surface area contributed by atoms with Crippen LogP contribution in [-0.4, -0.2) is 179 Å². The van der Waals surface area contributed by atoms with Gasteiger partial charge in [-0.15, -0.1) is 0 Å². The first-order valence-electron chi connectivity index (χ1n) is 33.4. The normalized spacial score (nSPS) is 27.1. The Hall–Kier alpha value is -7.86. The third-order valence-electron chi connectivity index (χ3n) is 19.4. The SMILES string of the molecule is CCC(=O)C1OC1CCC[C@@H]1NC(=O)C2CCCCN2C(=O)[C@H](C(C)CC)NC(=O)[C@H](Cc2cn(OC)c3ccccc23)NC1=O.CCC(C)[C@@H]1NC(=O)[C@H](Cc2cn(OC)c3ccccc23)NC(=O)[C@H](CCCCCC(=O)C2CO2)NC(=O)C2CCCCN2C1=O. The molecule has 0 saturated carbocycles. The van der Waals surface area contributed by atoms with Gasteiger partial charge in [-0.2, -0.15) is 9.46 Å². The fourth-order valence-corrected chi connectivity index (χ4v) is 13.3. The number of ketones is 2. The Morgan fingerprint density at radius 2 is 0.989 bits per heavy atom. The van der Waals surface area contributed by atoms with Gasteiger partial charge in [0.15, 0.2) is 11.6 Å². The molecule has 6 fully saturated rings. The Kier molecular flexibility index (Phi) is 23.6. The number of nitrogens with one attached hydrogen (secondary N) is 6. The highest BCUT2D eigenvalue weighted by Crippen LogP contribution is 2.31. The maximum absolute atomic E-state index is 14.1. The van der Waals surface area contributed by atoms with Gasteiger partial charge in [0, 0.05) is 61.9 Å². The molecule has 13 atom stereocenters. The number of aromatic nitrogens is 2. The van der Waals surface area contributed by atoms with E-state index in [9.17, 15) is 47.9 Å². The molecule has 500 valence electrons. The lowest BCUT2D eigenvalue weighted by atomic mass is 9.93. The summed E-state index contributed by atoms with van der Waals surface area (Å²) in [5, 5.41) is 19.4. The van der Waals surface area contributed by atoms with Gasteiger partial charge in [-0.3, -0.25) is 47.9 Å². The van der Waals surface area contributed by atoms with E-state index in [-0.39, 0.29) is 78.5 Å². The molecule has 6 aliphatic heterocycles. The van der Waals surface area contributed by atoms with Crippen molar-refractivity contribution in [1.82, 2.24) is 51.2 Å². The largest absolute Gasteiger partial charge is 0.417 e. The summed E-state index contributed by atoms with van der Waals surface area (Å²) in [7, 11) is 3.11. The van der Waals surface area contributed by atoms with Crippen LogP contribution < -0.4 is 41.6 Å². The van der Waals surface area contributed by atoms with Crippen molar-refractivity contribution in [3.8, 4) is 0 Å². The molecule has 6 N–H and O–H groups in total. The number of carbonyl (C=O) groups is 10. The Labute approximate surface area is 537 Å². The molecule has 6 aliphatic rings. The van der Waals surface area contributed by atoms with Gasteiger partial charge in [0.25, 0.3) is 0 Å². The van der Waals surface area contributed by atoms with Crippen molar-refractivity contribution in [1.29, 1.82) is 0 Å². The third-order valence-corrected chi connectivity index (χ3v) is 19.4. The van der Waals surface area contributed by atoms with Gasteiger partial charge >= 0.3 is 0 Å². The lowest BCUT2D eigenvalue weighted by Gasteiger charge is -2.39. The second kappa shape index (κ2) is 31.6. The highest BCUT2D eigenvalue weighted by molar-refractivity contribution is 6.00. The van der Waals surface area contributed by atoms with Gasteiger partial charge < -0.3 is 60.8 Å². The van der Waals surface area contributed by atoms with E-state index in [2.05, 4.69) is 31.9 Å². The van der Waals surface area contributed by atoms with Crippen LogP contribution in [0.15, 0.2) is 60.9 Å². The maximum Gasteiger partial charge on any atom is 0.246 e. The van der Waals surface area contributed by atoms with Crippen LogP contribution in [0, 0.1) is 11.8 Å². The summed E-state index contributed by atoms with van der Waals surface area (Å²) in [6.07, 6.45) is 12.9. The minimum atomic E-state index is -1.03. The number of para-hydroxylation sites is 2. The monoisotopic (exact) mass is 1270 g/mol. The zero-order chi connectivity index (χ0) is 65.8. The molecule has 0 aliphatic carbocycles. The van der Waals surface area contributed by atoms with Crippen molar-refractivity contribution >= 4 is 80.6 Å². The fourth-order valence-electron chi connectivity index (χ4n) is 13.3. The molecule has 6 saturated heterocycles. The molecule has 2 aromatic carbocycles. The minimum absolute atomic E-state index is 0.0588. The van der Waals surface area contributed by atoms with E-state index < -0.39 is 78.1 Å². The number of fused-ring (bicyclic) bond motifs is 4. The molecule has 2 aromatic heterocycles. The second-order valence-electron chi connectivity index (χ2n) is 25.6. The average molecular weight is 1280 g/mol. The van der Waals surface area contributed by atoms with Crippen LogP contribution in [0.4, 0.5) is 0 Å². The molecule has 0 spiro atoms. The standard InChI is InChI=1S/2C34H47N5O7/c1-5-20(3)29-34(44)38-17-10-9-15-26(38)33(43)35-23(13-11-16-28-30(46-28)27(40)6-2)31(41)36-24(32(42)37-29)18-21-19-39(45-4)25-14-8-7-12-22(21)25;1-4-21(2)30-34(44)38-17-11-10-15-27(38)33(43)35-24(13-6-5-7-16-28(40)29-20-46-29)31(41)36-25(32(42)37-30)18-22-19-39(45-3)26-14-9-8-12-23(22)26/h7-8,12,14,19-20,23-24,26,28-30H,5-6,9-11,13,15-18H2,1-4H3,(H,35,43)(H,36,41)(H,37,42);8-9,12,14,19,21,24-25,27,29-30H,4-7,10-11,13,15-18,20H2,1-3H3,(H,35,43)(H,36,41)(H,37,42)/t20?,23-,24-,26?,28?,29-,30?;21?,24-,25-,27?,29?,30-/m00/s1. The topological polar surface area (TPSA) is 303 Å². The molecular weight excluding hydrogens is 1180 g/mol. The van der Waals surface area contributed by atoms with Crippen molar-refractivity contribution in [2.45, 2.75) is 223 Å². The summed E-state index contributed by atoms with van der Waals surface area (Å²) >= 11 is 0. The Morgan fingerprint density at radius 1 is 0.543 bits per heavy atom. The third kappa shape index (κ3) is 16.5. The number of unbranched alkanes of at least 4 members (excludes halogenated alkanes) is 2. The lowest BCUT2D eigenvalue weighted by molar-refractivity contribution is -0.147. The highest BCUT2D eigenvalue weighted by atomic mass is 16.6. The molecule has 8 heterocycles. The van der Waals surface area contributed by atoms with Gasteiger partial charge in [0.05, 0.1) is 23.7 Å². The van der Waals surface area contributed by atoms with Crippen molar-refractivity contribution < 1.29 is 67.1 Å². The molecule has 0 bridgehead atoms. The summed E-state index contributed by atoms with van der Waals surface area (Å²) in [5.41, 5.74) is 3.21. The van der Waals surface area contributed by atoms with Gasteiger partial charge in [0.2, 0.25) is 47.3 Å². The van der Waals surface area contributed by atoms with E-state index in [1.807, 2.05) is 76.2 Å². The maximum atomic E-state index is 14.1. The number of nitrogens with zero attached hydrogens (tertiary/aromatic N) is 4. The molecule has 92 heavy (non-hydrogen) atoms. The number of piperidine rings is 2. The summed E-state index contributed by atoms with van der Waals surface area (Å²) in [6.45, 7) is 10.8. The Bertz CT molecular complexity index is 3320. The number of Topliss-reactive ketones (excluding diaryl/α,β-unsaturated/α-hetero) is 2. The summed E-state index contributed by atoms with van der Waals surface area (Å²) < 4.78 is 13.8. The van der Waals surface area contributed by atoms with Gasteiger partial charge in [-0.25, -0.2) is 0 Å². The lowest BCUT2D eigenvalue weighted by Crippen LogP contribution is -2.64. The van der Waals surface area contributed by atoms with Crippen LogP contribution >= 0.6 is 0 Å². The van der Waals surface area contributed by atoms with Gasteiger partial charge in [-0.05, 0) is 106 Å². The zero-order valence-electron chi connectivity index (χ0n) is 54.3. The fraction of sp³-hybridized carbons (Fsp3) is 0.618. The van der Waals surface area contributed by atoms with Crippen molar-refractivity contribution in [2.75, 3.05) is 33.9 Å². The number of hydrogen-bond acceptors (Lipinski definition) is 14. The molecule has 0 radical (unpaired) electrons. The number of carbonyl (C=O) groups excluding carboxylic acids is 10. The zero-order valence-corrected chi connectivity index (χ0v) is 54.3. The van der Waals surface area contributed by atoms with Crippen molar-refractivity contribution in [3.63, 3.8) is 0 Å². The van der Waals surface area contributed by atoms with Crippen LogP contribution in [0.5, 0.6) is 0 Å². The molecule has 8 amide bonds. The molecule has 24 heteroatoms. The van der Waals surface area contributed by atoms with E-state index in [0.717, 1.165) is 58.6 Å². The number of ether oxygens (including phenoxy) is 2. The molecular formula is C68H94N10O14. The summed E-state index contributed by atoms with van der Waals surface area (Å²) in [6, 6.07) is 8.22. The Balaban J connectivity index is 0.000000217. The predicted octanol–water partition coefficient (Wildman–Crippen LogP) is 4.11.